The standard InChI is InChI=1S/C15H18N.ClH/c1-16(2,3)15-12-8-7-11-14(15)13-9-5-4-6-10-13;/h4-12H,1-3H3;1H/q+1;/p-1. The summed E-state index contributed by atoms with van der Waals surface area (Å²) in [4.78, 5) is 0. The molecule has 2 heteroatoms. The van der Waals surface area contributed by atoms with Gasteiger partial charge in [-0.1, -0.05) is 42.5 Å². The van der Waals surface area contributed by atoms with Gasteiger partial charge < -0.3 is 12.4 Å². The highest BCUT2D eigenvalue weighted by atomic mass is 35.5. The van der Waals surface area contributed by atoms with Crippen LogP contribution in [0.3, 0.4) is 0 Å². The van der Waals surface area contributed by atoms with Gasteiger partial charge in [-0.3, -0.25) is 4.48 Å². The van der Waals surface area contributed by atoms with Gasteiger partial charge in [0.05, 0.1) is 21.1 Å². The Hall–Kier alpha value is -1.31. The average molecular weight is 248 g/mol. The highest BCUT2D eigenvalue weighted by molar-refractivity contribution is 5.76. The van der Waals surface area contributed by atoms with Gasteiger partial charge in [-0.2, -0.15) is 0 Å². The van der Waals surface area contributed by atoms with E-state index < -0.39 is 0 Å². The summed E-state index contributed by atoms with van der Waals surface area (Å²) in [5, 5.41) is 0. The van der Waals surface area contributed by atoms with E-state index in [9.17, 15) is 0 Å². The van der Waals surface area contributed by atoms with Crippen LogP contribution >= 0.6 is 0 Å². The maximum absolute atomic E-state index is 2.20. The van der Waals surface area contributed by atoms with Crippen molar-refractivity contribution in [2.24, 2.45) is 0 Å². The van der Waals surface area contributed by atoms with Crippen molar-refractivity contribution in [2.45, 2.75) is 0 Å². The molecule has 0 saturated carbocycles. The van der Waals surface area contributed by atoms with Gasteiger partial charge in [-0.05, 0) is 17.7 Å². The third-order valence-corrected chi connectivity index (χ3v) is 2.71. The number of para-hydroxylation sites is 1. The minimum atomic E-state index is 0. The van der Waals surface area contributed by atoms with Crippen molar-refractivity contribution in [3.05, 3.63) is 54.6 Å². The SMILES string of the molecule is C[N+](C)(C)c1ccccc1-c1ccccc1.[Cl-]. The molecule has 1 nitrogen and oxygen atoms in total. The maximum Gasteiger partial charge on any atom is 0.140 e. The van der Waals surface area contributed by atoms with E-state index in [0.29, 0.717) is 0 Å². The number of nitrogens with zero attached hydrogens (tertiary/aromatic N) is 1. The lowest BCUT2D eigenvalue weighted by molar-refractivity contribution is -0.00000347. The fourth-order valence-corrected chi connectivity index (χ4v) is 1.92. The summed E-state index contributed by atoms with van der Waals surface area (Å²) in [6, 6.07) is 19.1. The number of benzene rings is 2. The molecule has 0 bridgehead atoms. The molecule has 0 amide bonds. The summed E-state index contributed by atoms with van der Waals surface area (Å²) in [5.74, 6) is 0. The van der Waals surface area contributed by atoms with Crippen molar-refractivity contribution in [3.8, 4) is 11.1 Å². The van der Waals surface area contributed by atoms with Gasteiger partial charge >= 0.3 is 0 Å². The Morgan fingerprint density at radius 1 is 0.706 bits per heavy atom. The summed E-state index contributed by atoms with van der Waals surface area (Å²) in [5.41, 5.74) is 3.94. The van der Waals surface area contributed by atoms with Crippen LogP contribution in [-0.4, -0.2) is 21.1 Å². The van der Waals surface area contributed by atoms with E-state index in [4.69, 9.17) is 0 Å². The van der Waals surface area contributed by atoms with Crippen molar-refractivity contribution in [3.63, 3.8) is 0 Å². The van der Waals surface area contributed by atoms with Crippen molar-refractivity contribution in [1.29, 1.82) is 0 Å². The molecule has 0 aromatic heterocycles. The molecule has 0 aliphatic carbocycles. The number of rotatable bonds is 2. The first kappa shape index (κ1) is 13.8. The molecule has 0 saturated heterocycles. The van der Waals surface area contributed by atoms with Gasteiger partial charge in [-0.25, -0.2) is 0 Å². The highest BCUT2D eigenvalue weighted by Crippen LogP contribution is 2.31. The molecule has 2 aromatic rings. The van der Waals surface area contributed by atoms with Crippen LogP contribution in [0.25, 0.3) is 11.1 Å². The molecule has 90 valence electrons. The lowest BCUT2D eigenvalue weighted by atomic mass is 10.0. The molecule has 0 aliphatic heterocycles. The van der Waals surface area contributed by atoms with Crippen LogP contribution in [-0.2, 0) is 0 Å². The largest absolute Gasteiger partial charge is 1.00 e. The van der Waals surface area contributed by atoms with Gasteiger partial charge in [0, 0.05) is 5.56 Å². The predicted molar refractivity (Wildman–Crippen MR) is 71.4 cm³/mol. The molecule has 0 spiro atoms. The normalized spacial score (nSPS) is 10.8. The lowest BCUT2D eigenvalue weighted by Crippen LogP contribution is -3.00. The molecule has 0 heterocycles. The quantitative estimate of drug-likeness (QED) is 0.681. The zero-order chi connectivity index (χ0) is 11.6. The fraction of sp³-hybridized carbons (Fsp3) is 0.200. The molecule has 0 unspecified atom stereocenters. The minimum absolute atomic E-state index is 0. The van der Waals surface area contributed by atoms with E-state index in [1.54, 1.807) is 0 Å². The van der Waals surface area contributed by atoms with Gasteiger partial charge in [0.25, 0.3) is 0 Å². The number of quaternary nitrogens is 1. The van der Waals surface area contributed by atoms with Crippen LogP contribution in [0.2, 0.25) is 0 Å². The summed E-state index contributed by atoms with van der Waals surface area (Å²) in [6.07, 6.45) is 0. The van der Waals surface area contributed by atoms with E-state index in [1.807, 2.05) is 0 Å². The van der Waals surface area contributed by atoms with Gasteiger partial charge in [0.1, 0.15) is 5.69 Å². The van der Waals surface area contributed by atoms with Gasteiger partial charge in [0.15, 0.2) is 0 Å². The van der Waals surface area contributed by atoms with E-state index in [-0.39, 0.29) is 12.4 Å². The second kappa shape index (κ2) is 5.35. The number of hydrogen-bond acceptors (Lipinski definition) is 0. The Balaban J connectivity index is 0.00000144. The predicted octanol–water partition coefficient (Wildman–Crippen LogP) is 0.554. The summed E-state index contributed by atoms with van der Waals surface area (Å²) in [7, 11) is 6.59. The summed E-state index contributed by atoms with van der Waals surface area (Å²) in [6.45, 7) is 0. The Kier molecular flexibility index (Phi) is 4.33. The third kappa shape index (κ3) is 3.09. The molecule has 0 radical (unpaired) electrons. The van der Waals surface area contributed by atoms with Gasteiger partial charge in [-0.15, -0.1) is 0 Å². The zero-order valence-electron chi connectivity index (χ0n) is 10.5. The van der Waals surface area contributed by atoms with E-state index >= 15 is 0 Å². The molecule has 0 fully saturated rings. The van der Waals surface area contributed by atoms with E-state index in [1.165, 1.54) is 16.8 Å². The Bertz CT molecular complexity index is 472. The summed E-state index contributed by atoms with van der Waals surface area (Å²) >= 11 is 0. The zero-order valence-corrected chi connectivity index (χ0v) is 11.3. The highest BCUT2D eigenvalue weighted by Gasteiger charge is 2.17. The first-order chi connectivity index (χ1) is 7.59. The molecular weight excluding hydrogens is 230 g/mol. The lowest BCUT2D eigenvalue weighted by Gasteiger charge is -2.26. The van der Waals surface area contributed by atoms with Crippen LogP contribution in [0, 0.1) is 0 Å². The van der Waals surface area contributed by atoms with Crippen LogP contribution in [0.4, 0.5) is 5.69 Å². The van der Waals surface area contributed by atoms with Crippen molar-refractivity contribution < 1.29 is 12.4 Å². The molecule has 0 atom stereocenters. The first-order valence-corrected chi connectivity index (χ1v) is 5.55. The molecule has 0 N–H and O–H groups in total. The molecular formula is C15H18ClN. The summed E-state index contributed by atoms with van der Waals surface area (Å²) < 4.78 is 0.838. The number of hydrogen-bond donors (Lipinski definition) is 0. The molecule has 0 aliphatic rings. The fourth-order valence-electron chi connectivity index (χ4n) is 1.92. The first-order valence-electron chi connectivity index (χ1n) is 5.55. The van der Waals surface area contributed by atoms with Crippen LogP contribution < -0.4 is 16.9 Å². The van der Waals surface area contributed by atoms with E-state index in [0.717, 1.165) is 4.48 Å². The van der Waals surface area contributed by atoms with Crippen molar-refractivity contribution >= 4 is 5.69 Å². The Morgan fingerprint density at radius 2 is 1.24 bits per heavy atom. The van der Waals surface area contributed by atoms with Crippen molar-refractivity contribution in [2.75, 3.05) is 21.1 Å². The minimum Gasteiger partial charge on any atom is -1.00 e. The average Bonchev–Trinajstić information content (AvgIpc) is 2.29. The van der Waals surface area contributed by atoms with Gasteiger partial charge in [0.2, 0.25) is 0 Å². The monoisotopic (exact) mass is 247 g/mol. The third-order valence-electron chi connectivity index (χ3n) is 2.71. The molecule has 2 aromatic carbocycles. The topological polar surface area (TPSA) is 0 Å². The van der Waals surface area contributed by atoms with Crippen molar-refractivity contribution in [1.82, 2.24) is 4.48 Å². The van der Waals surface area contributed by atoms with E-state index in [2.05, 4.69) is 75.7 Å². The second-order valence-electron chi connectivity index (χ2n) is 4.90. The maximum atomic E-state index is 2.20. The Morgan fingerprint density at radius 3 is 1.82 bits per heavy atom. The Labute approximate surface area is 110 Å². The van der Waals surface area contributed by atoms with Crippen LogP contribution in [0.1, 0.15) is 0 Å². The van der Waals surface area contributed by atoms with Crippen LogP contribution in [0.5, 0.6) is 0 Å². The number of halogens is 1. The second-order valence-corrected chi connectivity index (χ2v) is 4.90. The molecule has 17 heavy (non-hydrogen) atoms. The van der Waals surface area contributed by atoms with Crippen LogP contribution in [0.15, 0.2) is 54.6 Å². The smallest absolute Gasteiger partial charge is 0.140 e. The molecule has 2 rings (SSSR count).